The van der Waals surface area contributed by atoms with Crippen LogP contribution in [-0.4, -0.2) is 37.6 Å². The SMILES string of the molecule is CC1CN(C)CCN1c1cc(F)cc(C#N)c1. The number of likely N-dealkylation sites (N-methyl/N-ethyl adjacent to an activating group) is 1. The van der Waals surface area contributed by atoms with Crippen LogP contribution in [0.4, 0.5) is 10.1 Å². The lowest BCUT2D eigenvalue weighted by atomic mass is 10.1. The third-order valence-corrected chi connectivity index (χ3v) is 3.17. The molecule has 1 fully saturated rings. The summed E-state index contributed by atoms with van der Waals surface area (Å²) in [6.45, 7) is 4.90. The van der Waals surface area contributed by atoms with Gasteiger partial charge in [-0.2, -0.15) is 5.26 Å². The lowest BCUT2D eigenvalue weighted by Crippen LogP contribution is -2.50. The normalized spacial score (nSPS) is 21.3. The summed E-state index contributed by atoms with van der Waals surface area (Å²) in [6.07, 6.45) is 0. The quantitative estimate of drug-likeness (QED) is 0.741. The molecular formula is C13H16FN3. The van der Waals surface area contributed by atoms with Gasteiger partial charge in [0.1, 0.15) is 5.82 Å². The summed E-state index contributed by atoms with van der Waals surface area (Å²) < 4.78 is 13.4. The number of rotatable bonds is 1. The third kappa shape index (κ3) is 2.56. The van der Waals surface area contributed by atoms with Crippen LogP contribution in [-0.2, 0) is 0 Å². The molecule has 3 nitrogen and oxygen atoms in total. The minimum atomic E-state index is -0.342. The lowest BCUT2D eigenvalue weighted by molar-refractivity contribution is 0.275. The minimum Gasteiger partial charge on any atom is -0.366 e. The summed E-state index contributed by atoms with van der Waals surface area (Å²) in [5.41, 5.74) is 1.19. The summed E-state index contributed by atoms with van der Waals surface area (Å²) >= 11 is 0. The molecule has 0 saturated carbocycles. The Balaban J connectivity index is 2.28. The first-order valence-electron chi connectivity index (χ1n) is 5.76. The standard InChI is InChI=1S/C13H16FN3/c1-10-9-16(2)3-4-17(10)13-6-11(8-15)5-12(14)7-13/h5-7,10H,3-4,9H2,1-2H3. The molecule has 0 radical (unpaired) electrons. The van der Waals surface area contributed by atoms with Crippen LogP contribution >= 0.6 is 0 Å². The van der Waals surface area contributed by atoms with Crippen LogP contribution < -0.4 is 4.90 Å². The van der Waals surface area contributed by atoms with Crippen molar-refractivity contribution in [1.29, 1.82) is 5.26 Å². The van der Waals surface area contributed by atoms with Crippen molar-refractivity contribution < 1.29 is 4.39 Å². The van der Waals surface area contributed by atoms with Crippen LogP contribution in [0.15, 0.2) is 18.2 Å². The molecule has 1 unspecified atom stereocenters. The highest BCUT2D eigenvalue weighted by atomic mass is 19.1. The van der Waals surface area contributed by atoms with Gasteiger partial charge in [0, 0.05) is 31.4 Å². The molecular weight excluding hydrogens is 217 g/mol. The van der Waals surface area contributed by atoms with Crippen molar-refractivity contribution in [2.24, 2.45) is 0 Å². The second kappa shape index (κ2) is 4.72. The Hall–Kier alpha value is -1.60. The fourth-order valence-corrected chi connectivity index (χ4v) is 2.33. The highest BCUT2D eigenvalue weighted by molar-refractivity contribution is 5.53. The van der Waals surface area contributed by atoms with Crippen LogP contribution in [0.3, 0.4) is 0 Å². The van der Waals surface area contributed by atoms with Crippen molar-refractivity contribution >= 4 is 5.69 Å². The van der Waals surface area contributed by atoms with Crippen molar-refractivity contribution in [2.75, 3.05) is 31.6 Å². The first-order valence-corrected chi connectivity index (χ1v) is 5.76. The maximum absolute atomic E-state index is 13.4. The number of anilines is 1. The molecule has 1 aliphatic heterocycles. The van der Waals surface area contributed by atoms with Crippen molar-refractivity contribution in [3.05, 3.63) is 29.6 Å². The van der Waals surface area contributed by atoms with Crippen LogP contribution in [0.2, 0.25) is 0 Å². The predicted molar refractivity (Wildman–Crippen MR) is 65.4 cm³/mol. The molecule has 0 bridgehead atoms. The molecule has 0 amide bonds. The molecule has 0 spiro atoms. The van der Waals surface area contributed by atoms with Gasteiger partial charge in [-0.25, -0.2) is 4.39 Å². The van der Waals surface area contributed by atoms with E-state index >= 15 is 0 Å². The first-order chi connectivity index (χ1) is 8.10. The Morgan fingerprint density at radius 1 is 1.35 bits per heavy atom. The summed E-state index contributed by atoms with van der Waals surface area (Å²) in [5.74, 6) is -0.342. The van der Waals surface area contributed by atoms with Gasteiger partial charge in [-0.1, -0.05) is 0 Å². The van der Waals surface area contributed by atoms with E-state index in [2.05, 4.69) is 23.8 Å². The van der Waals surface area contributed by atoms with E-state index in [1.807, 2.05) is 6.07 Å². The average Bonchev–Trinajstić information content (AvgIpc) is 2.28. The van der Waals surface area contributed by atoms with Gasteiger partial charge in [0.2, 0.25) is 0 Å². The molecule has 1 heterocycles. The molecule has 90 valence electrons. The molecule has 0 aromatic heterocycles. The number of hydrogen-bond acceptors (Lipinski definition) is 3. The second-order valence-electron chi connectivity index (χ2n) is 4.61. The highest BCUT2D eigenvalue weighted by Gasteiger charge is 2.22. The fraction of sp³-hybridized carbons (Fsp3) is 0.462. The number of halogens is 1. The molecule has 1 atom stereocenters. The van der Waals surface area contributed by atoms with Gasteiger partial charge in [-0.15, -0.1) is 0 Å². The zero-order valence-corrected chi connectivity index (χ0v) is 10.2. The fourth-order valence-electron chi connectivity index (χ4n) is 2.33. The predicted octanol–water partition coefficient (Wildman–Crippen LogP) is 1.84. The first kappa shape index (κ1) is 11.9. The molecule has 1 saturated heterocycles. The number of nitriles is 1. The molecule has 0 aliphatic carbocycles. The minimum absolute atomic E-state index is 0.335. The van der Waals surface area contributed by atoms with Gasteiger partial charge in [0.25, 0.3) is 0 Å². The van der Waals surface area contributed by atoms with Gasteiger partial charge in [0.15, 0.2) is 0 Å². The van der Waals surface area contributed by atoms with Gasteiger partial charge < -0.3 is 9.80 Å². The molecule has 2 rings (SSSR count). The van der Waals surface area contributed by atoms with Gasteiger partial charge in [-0.3, -0.25) is 0 Å². The van der Waals surface area contributed by atoms with E-state index in [4.69, 9.17) is 5.26 Å². The van der Waals surface area contributed by atoms with Crippen LogP contribution in [0.25, 0.3) is 0 Å². The molecule has 17 heavy (non-hydrogen) atoms. The zero-order valence-electron chi connectivity index (χ0n) is 10.2. The van der Waals surface area contributed by atoms with Gasteiger partial charge >= 0.3 is 0 Å². The monoisotopic (exact) mass is 233 g/mol. The molecule has 0 N–H and O–H groups in total. The van der Waals surface area contributed by atoms with Crippen molar-refractivity contribution in [1.82, 2.24) is 4.90 Å². The Morgan fingerprint density at radius 3 is 2.76 bits per heavy atom. The van der Waals surface area contributed by atoms with Gasteiger partial charge in [0.05, 0.1) is 11.6 Å². The average molecular weight is 233 g/mol. The second-order valence-corrected chi connectivity index (χ2v) is 4.61. The lowest BCUT2D eigenvalue weighted by Gasteiger charge is -2.39. The number of hydrogen-bond donors (Lipinski definition) is 0. The maximum atomic E-state index is 13.4. The van der Waals surface area contributed by atoms with E-state index in [0.717, 1.165) is 25.3 Å². The van der Waals surface area contributed by atoms with Crippen molar-refractivity contribution in [2.45, 2.75) is 13.0 Å². The summed E-state index contributed by atoms with van der Waals surface area (Å²) in [4.78, 5) is 4.41. The highest BCUT2D eigenvalue weighted by Crippen LogP contribution is 2.22. The van der Waals surface area contributed by atoms with Gasteiger partial charge in [-0.05, 0) is 32.2 Å². The maximum Gasteiger partial charge on any atom is 0.126 e. The Bertz CT molecular complexity index is 452. The van der Waals surface area contributed by atoms with Crippen molar-refractivity contribution in [3.63, 3.8) is 0 Å². The Labute approximate surface area is 101 Å². The van der Waals surface area contributed by atoms with Crippen LogP contribution in [0, 0.1) is 17.1 Å². The summed E-state index contributed by atoms with van der Waals surface area (Å²) in [5, 5.41) is 8.85. The Morgan fingerprint density at radius 2 is 2.12 bits per heavy atom. The topological polar surface area (TPSA) is 30.3 Å². The van der Waals surface area contributed by atoms with Crippen molar-refractivity contribution in [3.8, 4) is 6.07 Å². The third-order valence-electron chi connectivity index (χ3n) is 3.17. The van der Waals surface area contributed by atoms with E-state index in [-0.39, 0.29) is 5.82 Å². The number of piperazine rings is 1. The van der Waals surface area contributed by atoms with Crippen LogP contribution in [0.5, 0.6) is 0 Å². The van der Waals surface area contributed by atoms with E-state index in [9.17, 15) is 4.39 Å². The number of benzene rings is 1. The smallest absolute Gasteiger partial charge is 0.126 e. The van der Waals surface area contributed by atoms with E-state index in [0.29, 0.717) is 11.6 Å². The molecule has 1 aliphatic rings. The Kier molecular flexibility index (Phi) is 3.30. The molecule has 4 heteroatoms. The van der Waals surface area contributed by atoms with Crippen LogP contribution in [0.1, 0.15) is 12.5 Å². The largest absolute Gasteiger partial charge is 0.366 e. The van der Waals surface area contributed by atoms with E-state index in [1.165, 1.54) is 12.1 Å². The van der Waals surface area contributed by atoms with E-state index in [1.54, 1.807) is 6.07 Å². The summed E-state index contributed by atoms with van der Waals surface area (Å²) in [7, 11) is 2.08. The zero-order chi connectivity index (χ0) is 12.4. The summed E-state index contributed by atoms with van der Waals surface area (Å²) in [6, 6.07) is 6.85. The van der Waals surface area contributed by atoms with E-state index < -0.39 is 0 Å². The molecule has 1 aromatic rings. The molecule has 1 aromatic carbocycles. The number of nitrogens with zero attached hydrogens (tertiary/aromatic N) is 3.